The van der Waals surface area contributed by atoms with Gasteiger partial charge in [0.1, 0.15) is 0 Å². The molecule has 0 aliphatic rings. The Morgan fingerprint density at radius 1 is 1.12 bits per heavy atom. The van der Waals surface area contributed by atoms with Crippen LogP contribution >= 0.6 is 11.8 Å². The molecule has 0 bridgehead atoms. The molecule has 2 aromatic carbocycles. The van der Waals surface area contributed by atoms with Gasteiger partial charge in [-0.05, 0) is 29.0 Å². The maximum absolute atomic E-state index is 12.4. The molecule has 2 aromatic rings. The molecule has 134 valence electrons. The second-order valence-electron chi connectivity index (χ2n) is 6.59. The van der Waals surface area contributed by atoms with Crippen molar-refractivity contribution in [2.24, 2.45) is 5.92 Å². The zero-order valence-electron chi connectivity index (χ0n) is 15.1. The first-order chi connectivity index (χ1) is 12.0. The van der Waals surface area contributed by atoms with Crippen LogP contribution in [0.1, 0.15) is 30.5 Å². The van der Waals surface area contributed by atoms with Crippen LogP contribution in [0.4, 0.5) is 0 Å². The first kappa shape index (κ1) is 19.5. The van der Waals surface area contributed by atoms with E-state index in [0.717, 1.165) is 23.1 Å². The van der Waals surface area contributed by atoms with Gasteiger partial charge in [0.25, 0.3) is 0 Å². The standard InChI is InChI=1S/C21H26O3S/c1-16(2)13-18-11-7-8-12-19(18)21(15-24-3,20(22)23)25-14-17-9-5-4-6-10-17/h4-12,16H,13-15H2,1-3H3,(H,22,23). The number of rotatable bonds is 9. The number of hydrogen-bond donors (Lipinski definition) is 1. The van der Waals surface area contributed by atoms with Gasteiger partial charge in [0.05, 0.1) is 6.61 Å². The van der Waals surface area contributed by atoms with Gasteiger partial charge in [-0.2, -0.15) is 0 Å². The summed E-state index contributed by atoms with van der Waals surface area (Å²) >= 11 is 1.42. The van der Waals surface area contributed by atoms with E-state index in [4.69, 9.17) is 4.74 Å². The van der Waals surface area contributed by atoms with Crippen LogP contribution in [-0.4, -0.2) is 24.8 Å². The Morgan fingerprint density at radius 3 is 2.36 bits per heavy atom. The molecule has 1 N–H and O–H groups in total. The number of carboxylic acid groups (broad SMARTS) is 1. The Hall–Kier alpha value is -1.78. The first-order valence-corrected chi connectivity index (χ1v) is 9.46. The maximum atomic E-state index is 12.4. The molecule has 0 spiro atoms. The molecular formula is C21H26O3S. The van der Waals surface area contributed by atoms with Gasteiger partial charge in [0.15, 0.2) is 4.75 Å². The van der Waals surface area contributed by atoms with Gasteiger partial charge in [-0.1, -0.05) is 68.4 Å². The first-order valence-electron chi connectivity index (χ1n) is 8.48. The van der Waals surface area contributed by atoms with E-state index in [1.165, 1.54) is 11.8 Å². The van der Waals surface area contributed by atoms with Crippen molar-refractivity contribution in [1.29, 1.82) is 0 Å². The fourth-order valence-corrected chi connectivity index (χ4v) is 4.24. The summed E-state index contributed by atoms with van der Waals surface area (Å²) in [4.78, 5) is 12.4. The zero-order chi connectivity index (χ0) is 18.3. The predicted octanol–water partition coefficient (Wildman–Crippen LogP) is 4.74. The molecule has 0 aromatic heterocycles. The van der Waals surface area contributed by atoms with Crippen LogP contribution in [0.15, 0.2) is 54.6 Å². The predicted molar refractivity (Wildman–Crippen MR) is 104 cm³/mol. The van der Waals surface area contributed by atoms with Crippen LogP contribution in [-0.2, 0) is 26.5 Å². The summed E-state index contributed by atoms with van der Waals surface area (Å²) in [7, 11) is 1.56. The number of thioether (sulfide) groups is 1. The highest BCUT2D eigenvalue weighted by Crippen LogP contribution is 2.41. The van der Waals surface area contributed by atoms with Gasteiger partial charge in [-0.3, -0.25) is 4.79 Å². The molecule has 0 heterocycles. The van der Waals surface area contributed by atoms with Gasteiger partial charge in [-0.15, -0.1) is 11.8 Å². The van der Waals surface area contributed by atoms with Crippen LogP contribution in [0.25, 0.3) is 0 Å². The highest BCUT2D eigenvalue weighted by molar-refractivity contribution is 8.00. The molecule has 0 radical (unpaired) electrons. The van der Waals surface area contributed by atoms with Crippen LogP contribution in [0.3, 0.4) is 0 Å². The molecule has 25 heavy (non-hydrogen) atoms. The summed E-state index contributed by atoms with van der Waals surface area (Å²) in [5.41, 5.74) is 3.03. The van der Waals surface area contributed by atoms with Crippen molar-refractivity contribution in [2.75, 3.05) is 13.7 Å². The van der Waals surface area contributed by atoms with Crippen LogP contribution in [0.5, 0.6) is 0 Å². The maximum Gasteiger partial charge on any atom is 0.326 e. The minimum absolute atomic E-state index is 0.134. The van der Waals surface area contributed by atoms with E-state index < -0.39 is 10.7 Å². The fourth-order valence-electron chi connectivity index (χ4n) is 2.95. The Bertz CT molecular complexity index is 685. The normalized spacial score (nSPS) is 13.6. The molecule has 4 heteroatoms. The molecule has 0 saturated heterocycles. The van der Waals surface area contributed by atoms with Gasteiger partial charge in [0.2, 0.25) is 0 Å². The van der Waals surface area contributed by atoms with Crippen molar-refractivity contribution in [1.82, 2.24) is 0 Å². The largest absolute Gasteiger partial charge is 0.480 e. The molecule has 0 aliphatic heterocycles. The van der Waals surface area contributed by atoms with Crippen molar-refractivity contribution < 1.29 is 14.6 Å². The van der Waals surface area contributed by atoms with E-state index in [0.29, 0.717) is 11.7 Å². The summed E-state index contributed by atoms with van der Waals surface area (Å²) in [6.45, 7) is 4.42. The Kier molecular flexibility index (Phi) is 7.09. The van der Waals surface area contributed by atoms with Gasteiger partial charge in [-0.25, -0.2) is 0 Å². The quantitative estimate of drug-likeness (QED) is 0.703. The number of ether oxygens (including phenoxy) is 1. The molecule has 1 atom stereocenters. The number of benzene rings is 2. The van der Waals surface area contributed by atoms with Crippen LogP contribution in [0.2, 0.25) is 0 Å². The highest BCUT2D eigenvalue weighted by Gasteiger charge is 2.42. The van der Waals surface area contributed by atoms with Crippen molar-refractivity contribution in [2.45, 2.75) is 30.8 Å². The van der Waals surface area contributed by atoms with Gasteiger partial charge in [0, 0.05) is 12.9 Å². The Labute approximate surface area is 154 Å². The van der Waals surface area contributed by atoms with E-state index in [1.54, 1.807) is 7.11 Å². The lowest BCUT2D eigenvalue weighted by Crippen LogP contribution is -2.38. The average molecular weight is 359 g/mol. The van der Waals surface area contributed by atoms with Gasteiger partial charge < -0.3 is 9.84 Å². The van der Waals surface area contributed by atoms with E-state index in [9.17, 15) is 9.90 Å². The van der Waals surface area contributed by atoms with Gasteiger partial charge >= 0.3 is 5.97 Å². The third-order valence-corrected chi connectivity index (χ3v) is 5.58. The Morgan fingerprint density at radius 2 is 1.76 bits per heavy atom. The number of carboxylic acids is 1. The molecule has 0 saturated carbocycles. The lowest BCUT2D eigenvalue weighted by molar-refractivity contribution is -0.141. The topological polar surface area (TPSA) is 46.5 Å². The van der Waals surface area contributed by atoms with Crippen molar-refractivity contribution in [3.05, 3.63) is 71.3 Å². The second kappa shape index (κ2) is 9.07. The summed E-state index contributed by atoms with van der Waals surface area (Å²) in [5.74, 6) is 0.216. The third-order valence-electron chi connectivity index (χ3n) is 4.10. The van der Waals surface area contributed by atoms with E-state index in [-0.39, 0.29) is 6.61 Å². The number of carbonyl (C=O) groups is 1. The number of methoxy groups -OCH3 is 1. The smallest absolute Gasteiger partial charge is 0.326 e. The molecule has 3 nitrogen and oxygen atoms in total. The van der Waals surface area contributed by atoms with E-state index in [2.05, 4.69) is 13.8 Å². The number of hydrogen-bond acceptors (Lipinski definition) is 3. The van der Waals surface area contributed by atoms with Crippen molar-refractivity contribution >= 4 is 17.7 Å². The molecule has 0 amide bonds. The molecular weight excluding hydrogens is 332 g/mol. The van der Waals surface area contributed by atoms with E-state index >= 15 is 0 Å². The monoisotopic (exact) mass is 358 g/mol. The molecule has 0 aliphatic carbocycles. The summed E-state index contributed by atoms with van der Waals surface area (Å²) < 4.78 is 4.25. The van der Waals surface area contributed by atoms with Crippen molar-refractivity contribution in [3.63, 3.8) is 0 Å². The SMILES string of the molecule is COCC(SCc1ccccc1)(C(=O)O)c1ccccc1CC(C)C. The molecule has 0 fully saturated rings. The van der Waals surface area contributed by atoms with E-state index in [1.807, 2.05) is 54.6 Å². The minimum atomic E-state index is -1.12. The summed E-state index contributed by atoms with van der Waals surface area (Å²) in [6.07, 6.45) is 0.848. The summed E-state index contributed by atoms with van der Waals surface area (Å²) in [5, 5.41) is 10.1. The van der Waals surface area contributed by atoms with Crippen LogP contribution < -0.4 is 0 Å². The average Bonchev–Trinajstić information content (AvgIpc) is 2.59. The lowest BCUT2D eigenvalue weighted by atomic mass is 9.89. The molecule has 1 unspecified atom stereocenters. The lowest BCUT2D eigenvalue weighted by Gasteiger charge is -2.31. The fraction of sp³-hybridized carbons (Fsp3) is 0.381. The second-order valence-corrected chi connectivity index (χ2v) is 7.87. The van der Waals surface area contributed by atoms with Crippen molar-refractivity contribution in [3.8, 4) is 0 Å². The minimum Gasteiger partial charge on any atom is -0.480 e. The van der Waals surface area contributed by atoms with Crippen LogP contribution in [0, 0.1) is 5.92 Å². The summed E-state index contributed by atoms with van der Waals surface area (Å²) in [6, 6.07) is 17.8. The third kappa shape index (κ3) is 4.86. The molecule has 2 rings (SSSR count). The zero-order valence-corrected chi connectivity index (χ0v) is 15.9. The number of aliphatic carboxylic acids is 1. The Balaban J connectivity index is 2.43. The highest BCUT2D eigenvalue weighted by atomic mass is 32.2.